The largest absolute Gasteiger partial charge is 0.480 e. The lowest BCUT2D eigenvalue weighted by molar-refractivity contribution is -0.150. The molecule has 0 radical (unpaired) electrons. The standard InChI is InChI=1S/C12H20N2O3/c1-2-9(13)11(15)14-6-7-4-3-5-8(7)10(14)12(16)17/h7-10H,2-6,13H2,1H3,(H,16,17)/t7?,8?,9-,10?/m0/s1. The molecule has 96 valence electrons. The van der Waals surface area contributed by atoms with Gasteiger partial charge in [-0.15, -0.1) is 0 Å². The Kier molecular flexibility index (Phi) is 3.38. The summed E-state index contributed by atoms with van der Waals surface area (Å²) in [7, 11) is 0. The first-order valence-electron chi connectivity index (χ1n) is 6.35. The van der Waals surface area contributed by atoms with E-state index in [-0.39, 0.29) is 11.8 Å². The van der Waals surface area contributed by atoms with Crippen LogP contribution in [0.2, 0.25) is 0 Å². The molecule has 17 heavy (non-hydrogen) atoms. The Labute approximate surface area is 101 Å². The Morgan fingerprint density at radius 3 is 2.76 bits per heavy atom. The topological polar surface area (TPSA) is 83.6 Å². The molecule has 2 fully saturated rings. The summed E-state index contributed by atoms with van der Waals surface area (Å²) < 4.78 is 0. The minimum atomic E-state index is -0.879. The molecule has 4 atom stereocenters. The normalized spacial score (nSPS) is 33.5. The minimum absolute atomic E-state index is 0.139. The van der Waals surface area contributed by atoms with Crippen LogP contribution in [-0.2, 0) is 9.59 Å². The van der Waals surface area contributed by atoms with Crippen molar-refractivity contribution in [2.24, 2.45) is 17.6 Å². The molecule has 5 heteroatoms. The Bertz CT molecular complexity index is 332. The molecular formula is C12H20N2O3. The highest BCUT2D eigenvalue weighted by atomic mass is 16.4. The molecule has 1 amide bonds. The number of rotatable bonds is 3. The lowest BCUT2D eigenvalue weighted by Gasteiger charge is -2.26. The molecule has 0 spiro atoms. The highest BCUT2D eigenvalue weighted by Crippen LogP contribution is 2.42. The number of hydrogen-bond acceptors (Lipinski definition) is 3. The van der Waals surface area contributed by atoms with Crippen LogP contribution < -0.4 is 5.73 Å². The van der Waals surface area contributed by atoms with Gasteiger partial charge in [0.1, 0.15) is 6.04 Å². The molecule has 3 N–H and O–H groups in total. The highest BCUT2D eigenvalue weighted by molar-refractivity contribution is 5.87. The molecule has 0 aromatic heterocycles. The van der Waals surface area contributed by atoms with Gasteiger partial charge in [0.15, 0.2) is 0 Å². The number of carboxylic acid groups (broad SMARTS) is 1. The first kappa shape index (κ1) is 12.4. The number of carboxylic acids is 1. The molecule has 1 aliphatic heterocycles. The molecule has 1 saturated carbocycles. The van der Waals surface area contributed by atoms with Crippen LogP contribution in [0.25, 0.3) is 0 Å². The van der Waals surface area contributed by atoms with Gasteiger partial charge in [-0.25, -0.2) is 4.79 Å². The van der Waals surface area contributed by atoms with Crippen LogP contribution in [0.3, 0.4) is 0 Å². The molecule has 0 aromatic carbocycles. The van der Waals surface area contributed by atoms with Crippen LogP contribution in [0.15, 0.2) is 0 Å². The smallest absolute Gasteiger partial charge is 0.326 e. The van der Waals surface area contributed by atoms with Crippen LogP contribution in [0.4, 0.5) is 0 Å². The fraction of sp³-hybridized carbons (Fsp3) is 0.833. The zero-order chi connectivity index (χ0) is 12.6. The van der Waals surface area contributed by atoms with Crippen molar-refractivity contribution in [3.05, 3.63) is 0 Å². The average Bonchev–Trinajstić information content (AvgIpc) is 2.85. The summed E-state index contributed by atoms with van der Waals surface area (Å²) in [5.41, 5.74) is 5.72. The molecule has 1 heterocycles. The lowest BCUT2D eigenvalue weighted by atomic mass is 9.94. The van der Waals surface area contributed by atoms with E-state index in [0.717, 1.165) is 19.3 Å². The van der Waals surface area contributed by atoms with Crippen LogP contribution in [0.1, 0.15) is 32.6 Å². The second kappa shape index (κ2) is 4.64. The van der Waals surface area contributed by atoms with Gasteiger partial charge in [-0.05, 0) is 31.1 Å². The van der Waals surface area contributed by atoms with E-state index < -0.39 is 18.1 Å². The number of nitrogens with two attached hydrogens (primary N) is 1. The van der Waals surface area contributed by atoms with Gasteiger partial charge in [-0.3, -0.25) is 4.79 Å². The van der Waals surface area contributed by atoms with Gasteiger partial charge in [0.2, 0.25) is 5.91 Å². The van der Waals surface area contributed by atoms with Gasteiger partial charge in [-0.1, -0.05) is 13.3 Å². The van der Waals surface area contributed by atoms with Gasteiger partial charge in [0.25, 0.3) is 0 Å². The van der Waals surface area contributed by atoms with E-state index in [4.69, 9.17) is 5.73 Å². The molecule has 0 aromatic rings. The first-order chi connectivity index (χ1) is 8.06. The van der Waals surface area contributed by atoms with Gasteiger partial charge < -0.3 is 15.7 Å². The SMILES string of the molecule is CC[C@H](N)C(=O)N1CC2CCCC2C1C(=O)O. The van der Waals surface area contributed by atoms with E-state index in [1.807, 2.05) is 6.92 Å². The van der Waals surface area contributed by atoms with E-state index >= 15 is 0 Å². The summed E-state index contributed by atoms with van der Waals surface area (Å²) in [5.74, 6) is -0.574. The number of carbonyl (C=O) groups is 2. The van der Waals surface area contributed by atoms with Crippen molar-refractivity contribution in [1.29, 1.82) is 0 Å². The molecule has 3 unspecified atom stereocenters. The Hall–Kier alpha value is -1.10. The van der Waals surface area contributed by atoms with Gasteiger partial charge in [-0.2, -0.15) is 0 Å². The highest BCUT2D eigenvalue weighted by Gasteiger charge is 2.49. The van der Waals surface area contributed by atoms with Crippen molar-refractivity contribution in [1.82, 2.24) is 4.90 Å². The molecule has 0 bridgehead atoms. The Balaban J connectivity index is 2.17. The third-order valence-corrected chi connectivity index (χ3v) is 4.18. The van der Waals surface area contributed by atoms with Crippen molar-refractivity contribution in [3.63, 3.8) is 0 Å². The molecule has 1 aliphatic carbocycles. The van der Waals surface area contributed by atoms with Gasteiger partial charge in [0, 0.05) is 6.54 Å². The van der Waals surface area contributed by atoms with Crippen molar-refractivity contribution >= 4 is 11.9 Å². The number of likely N-dealkylation sites (tertiary alicyclic amines) is 1. The molecule has 1 saturated heterocycles. The van der Waals surface area contributed by atoms with E-state index in [2.05, 4.69) is 0 Å². The van der Waals surface area contributed by atoms with Crippen molar-refractivity contribution in [3.8, 4) is 0 Å². The van der Waals surface area contributed by atoms with Crippen molar-refractivity contribution in [2.75, 3.05) is 6.54 Å². The second-order valence-electron chi connectivity index (χ2n) is 5.14. The summed E-state index contributed by atoms with van der Waals surface area (Å²) in [5, 5.41) is 9.30. The summed E-state index contributed by atoms with van der Waals surface area (Å²) >= 11 is 0. The molecular weight excluding hydrogens is 220 g/mol. The predicted octanol–water partition coefficient (Wildman–Crippen LogP) is 0.435. The summed E-state index contributed by atoms with van der Waals surface area (Å²) in [6, 6.07) is -1.21. The summed E-state index contributed by atoms with van der Waals surface area (Å²) in [6.07, 6.45) is 3.60. The second-order valence-corrected chi connectivity index (χ2v) is 5.14. The van der Waals surface area contributed by atoms with Crippen LogP contribution in [0.5, 0.6) is 0 Å². The van der Waals surface area contributed by atoms with Gasteiger partial charge >= 0.3 is 5.97 Å². The summed E-state index contributed by atoms with van der Waals surface area (Å²) in [4.78, 5) is 24.9. The number of aliphatic carboxylic acids is 1. The lowest BCUT2D eigenvalue weighted by Crippen LogP contribution is -2.49. The Morgan fingerprint density at radius 2 is 2.18 bits per heavy atom. The Morgan fingerprint density at radius 1 is 1.47 bits per heavy atom. The quantitative estimate of drug-likeness (QED) is 0.749. The van der Waals surface area contributed by atoms with Crippen molar-refractivity contribution in [2.45, 2.75) is 44.7 Å². The number of hydrogen-bond donors (Lipinski definition) is 2. The maximum Gasteiger partial charge on any atom is 0.326 e. The van der Waals surface area contributed by atoms with E-state index in [1.165, 1.54) is 4.90 Å². The number of carbonyl (C=O) groups excluding carboxylic acids is 1. The van der Waals surface area contributed by atoms with Crippen molar-refractivity contribution < 1.29 is 14.7 Å². The number of fused-ring (bicyclic) bond motifs is 1. The summed E-state index contributed by atoms with van der Waals surface area (Å²) in [6.45, 7) is 2.42. The first-order valence-corrected chi connectivity index (χ1v) is 6.35. The fourth-order valence-corrected chi connectivity index (χ4v) is 3.24. The van der Waals surface area contributed by atoms with E-state index in [1.54, 1.807) is 0 Å². The van der Waals surface area contributed by atoms with Crippen LogP contribution >= 0.6 is 0 Å². The third-order valence-electron chi connectivity index (χ3n) is 4.18. The molecule has 5 nitrogen and oxygen atoms in total. The number of amides is 1. The maximum atomic E-state index is 12.1. The zero-order valence-electron chi connectivity index (χ0n) is 10.1. The number of nitrogens with zero attached hydrogens (tertiary/aromatic N) is 1. The molecule has 2 aliphatic rings. The fourth-order valence-electron chi connectivity index (χ4n) is 3.24. The van der Waals surface area contributed by atoms with Crippen LogP contribution in [0, 0.1) is 11.8 Å². The maximum absolute atomic E-state index is 12.1. The van der Waals surface area contributed by atoms with Crippen LogP contribution in [-0.4, -0.2) is 40.5 Å². The predicted molar refractivity (Wildman–Crippen MR) is 62.2 cm³/mol. The average molecular weight is 240 g/mol. The van der Waals surface area contributed by atoms with E-state index in [0.29, 0.717) is 18.9 Å². The monoisotopic (exact) mass is 240 g/mol. The van der Waals surface area contributed by atoms with Gasteiger partial charge in [0.05, 0.1) is 6.04 Å². The third kappa shape index (κ3) is 2.04. The minimum Gasteiger partial charge on any atom is -0.480 e. The molecule has 2 rings (SSSR count). The van der Waals surface area contributed by atoms with E-state index in [9.17, 15) is 14.7 Å². The zero-order valence-corrected chi connectivity index (χ0v) is 10.1.